The molecule has 0 amide bonds. The molecule has 0 unspecified atom stereocenters. The third kappa shape index (κ3) is 3.90. The topological polar surface area (TPSA) is 50.1 Å². The van der Waals surface area contributed by atoms with Crippen molar-refractivity contribution < 1.29 is 9.53 Å². The first kappa shape index (κ1) is 14.8. The van der Waals surface area contributed by atoms with Gasteiger partial charge in [-0.25, -0.2) is 0 Å². The minimum Gasteiger partial charge on any atom is -0.460 e. The van der Waals surface area contributed by atoms with Crippen molar-refractivity contribution in [2.45, 2.75) is 32.8 Å². The molecule has 0 N–H and O–H groups in total. The maximum absolute atomic E-state index is 11.7. The summed E-state index contributed by atoms with van der Waals surface area (Å²) in [4.78, 5) is 11.7. The quantitative estimate of drug-likeness (QED) is 0.778. The highest BCUT2D eigenvalue weighted by Crippen LogP contribution is 2.28. The monoisotopic (exact) mass is 285 g/mol. The first-order chi connectivity index (χ1) is 8.24. The van der Waals surface area contributed by atoms with Crippen molar-refractivity contribution >= 4 is 29.2 Å². The first-order valence-corrected chi connectivity index (χ1v) is 6.09. The van der Waals surface area contributed by atoms with Gasteiger partial charge in [-0.1, -0.05) is 29.3 Å². The molecular formula is C13H13Cl2NO2. The zero-order chi connectivity index (χ0) is 13.9. The predicted octanol–water partition coefficient (Wildman–Crippen LogP) is 3.75. The summed E-state index contributed by atoms with van der Waals surface area (Å²) in [5, 5.41) is 9.39. The van der Waals surface area contributed by atoms with Crippen LogP contribution in [0.1, 0.15) is 31.9 Å². The molecule has 1 aromatic carbocycles. The summed E-state index contributed by atoms with van der Waals surface area (Å²) >= 11 is 11.8. The van der Waals surface area contributed by atoms with Crippen molar-refractivity contribution in [1.82, 2.24) is 0 Å². The van der Waals surface area contributed by atoms with Crippen molar-refractivity contribution in [3.05, 3.63) is 33.3 Å². The van der Waals surface area contributed by atoms with E-state index in [1.165, 1.54) is 0 Å². The van der Waals surface area contributed by atoms with E-state index in [0.29, 0.717) is 5.56 Å². The molecule has 1 rings (SSSR count). The van der Waals surface area contributed by atoms with E-state index in [9.17, 15) is 4.79 Å². The SMILES string of the molecule is CC(C)(C)OC(=O)Cc1ccc(Cl)c(C#N)c1Cl. The fourth-order valence-electron chi connectivity index (χ4n) is 1.37. The average molecular weight is 286 g/mol. The largest absolute Gasteiger partial charge is 0.460 e. The molecule has 0 saturated carbocycles. The van der Waals surface area contributed by atoms with E-state index >= 15 is 0 Å². The van der Waals surface area contributed by atoms with Gasteiger partial charge in [0.25, 0.3) is 0 Å². The second-order valence-corrected chi connectivity index (χ2v) is 5.56. The summed E-state index contributed by atoms with van der Waals surface area (Å²) < 4.78 is 5.19. The lowest BCUT2D eigenvalue weighted by Crippen LogP contribution is -2.25. The van der Waals surface area contributed by atoms with Gasteiger partial charge in [0.05, 0.1) is 22.0 Å². The molecule has 5 heteroatoms. The molecule has 0 spiro atoms. The van der Waals surface area contributed by atoms with Gasteiger partial charge in [-0.2, -0.15) is 5.26 Å². The lowest BCUT2D eigenvalue weighted by molar-refractivity contribution is -0.153. The number of ether oxygens (including phenoxy) is 1. The van der Waals surface area contributed by atoms with Crippen LogP contribution in [0.4, 0.5) is 0 Å². The standard InChI is InChI=1S/C13H13Cl2NO2/c1-13(2,3)18-11(17)6-8-4-5-10(14)9(7-16)12(8)15/h4-5H,6H2,1-3H3. The van der Waals surface area contributed by atoms with Crippen LogP contribution in [0.2, 0.25) is 10.0 Å². The number of carbonyl (C=O) groups is 1. The third-order valence-corrected chi connectivity index (χ3v) is 2.78. The van der Waals surface area contributed by atoms with Crippen molar-refractivity contribution in [3.8, 4) is 6.07 Å². The normalized spacial score (nSPS) is 10.9. The second-order valence-electron chi connectivity index (χ2n) is 4.77. The van der Waals surface area contributed by atoms with Crippen molar-refractivity contribution in [2.75, 3.05) is 0 Å². The zero-order valence-electron chi connectivity index (χ0n) is 10.4. The Balaban J connectivity index is 2.94. The lowest BCUT2D eigenvalue weighted by atomic mass is 10.1. The Morgan fingerprint density at radius 3 is 2.50 bits per heavy atom. The molecule has 0 atom stereocenters. The summed E-state index contributed by atoms with van der Waals surface area (Å²) in [5.74, 6) is -0.393. The fraction of sp³-hybridized carbons (Fsp3) is 0.385. The number of carbonyl (C=O) groups excluding carboxylic acids is 1. The molecule has 3 nitrogen and oxygen atoms in total. The number of nitrogens with zero attached hydrogens (tertiary/aromatic N) is 1. The maximum atomic E-state index is 11.7. The van der Waals surface area contributed by atoms with E-state index in [4.69, 9.17) is 33.2 Å². The molecule has 18 heavy (non-hydrogen) atoms. The van der Waals surface area contributed by atoms with E-state index in [1.54, 1.807) is 32.9 Å². The number of esters is 1. The van der Waals surface area contributed by atoms with Gasteiger partial charge in [0.1, 0.15) is 11.7 Å². The number of benzene rings is 1. The summed E-state index contributed by atoms with van der Waals surface area (Å²) in [5.41, 5.74) is 0.167. The van der Waals surface area contributed by atoms with Gasteiger partial charge in [0, 0.05) is 0 Å². The minimum atomic E-state index is -0.548. The van der Waals surface area contributed by atoms with Crippen LogP contribution in [0.3, 0.4) is 0 Å². The Hall–Kier alpha value is -1.24. The Bertz CT molecular complexity index is 513. The van der Waals surface area contributed by atoms with Crippen molar-refractivity contribution in [1.29, 1.82) is 5.26 Å². The lowest BCUT2D eigenvalue weighted by Gasteiger charge is -2.19. The van der Waals surface area contributed by atoms with Gasteiger partial charge in [-0.3, -0.25) is 4.79 Å². The summed E-state index contributed by atoms with van der Waals surface area (Å²) in [6.45, 7) is 5.36. The highest BCUT2D eigenvalue weighted by molar-refractivity contribution is 6.37. The van der Waals surface area contributed by atoms with Crippen molar-refractivity contribution in [3.63, 3.8) is 0 Å². The molecule has 96 valence electrons. The number of hydrogen-bond donors (Lipinski definition) is 0. The fourth-order valence-corrected chi connectivity index (χ4v) is 1.89. The average Bonchev–Trinajstić information content (AvgIpc) is 2.20. The van der Waals surface area contributed by atoms with Gasteiger partial charge < -0.3 is 4.74 Å². The second kappa shape index (κ2) is 5.60. The molecule has 0 aliphatic heterocycles. The Labute approximate surface area is 116 Å². The predicted molar refractivity (Wildman–Crippen MR) is 70.7 cm³/mol. The molecule has 0 heterocycles. The molecular weight excluding hydrogens is 273 g/mol. The molecule has 0 aliphatic rings. The van der Waals surface area contributed by atoms with Crippen LogP contribution in [0, 0.1) is 11.3 Å². The summed E-state index contributed by atoms with van der Waals surface area (Å²) in [6, 6.07) is 5.08. The summed E-state index contributed by atoms with van der Waals surface area (Å²) in [6.07, 6.45) is 0.0158. The van der Waals surface area contributed by atoms with Gasteiger partial charge in [0.15, 0.2) is 0 Å². The van der Waals surface area contributed by atoms with Crippen LogP contribution in [0.15, 0.2) is 12.1 Å². The zero-order valence-corrected chi connectivity index (χ0v) is 11.9. The Morgan fingerprint density at radius 2 is 2.00 bits per heavy atom. The van der Waals surface area contributed by atoms with Crippen LogP contribution in [-0.2, 0) is 16.0 Å². The molecule has 1 aromatic rings. The van der Waals surface area contributed by atoms with Crippen LogP contribution >= 0.6 is 23.2 Å². The molecule has 0 bridgehead atoms. The molecule has 0 saturated heterocycles. The smallest absolute Gasteiger partial charge is 0.310 e. The van der Waals surface area contributed by atoms with E-state index in [0.717, 1.165) is 0 Å². The van der Waals surface area contributed by atoms with E-state index < -0.39 is 11.6 Å². The molecule has 0 aromatic heterocycles. The Kier molecular flexibility index (Phi) is 4.61. The van der Waals surface area contributed by atoms with E-state index in [-0.39, 0.29) is 22.0 Å². The Morgan fingerprint density at radius 1 is 1.39 bits per heavy atom. The van der Waals surface area contributed by atoms with Gasteiger partial charge in [-0.15, -0.1) is 0 Å². The van der Waals surface area contributed by atoms with E-state index in [2.05, 4.69) is 0 Å². The number of hydrogen-bond acceptors (Lipinski definition) is 3. The number of halogens is 2. The molecule has 0 radical (unpaired) electrons. The van der Waals surface area contributed by atoms with E-state index in [1.807, 2.05) is 6.07 Å². The van der Waals surface area contributed by atoms with Crippen molar-refractivity contribution in [2.24, 2.45) is 0 Å². The van der Waals surface area contributed by atoms with Crippen LogP contribution < -0.4 is 0 Å². The van der Waals surface area contributed by atoms with Crippen LogP contribution in [-0.4, -0.2) is 11.6 Å². The highest BCUT2D eigenvalue weighted by Gasteiger charge is 2.19. The maximum Gasteiger partial charge on any atom is 0.310 e. The third-order valence-electron chi connectivity index (χ3n) is 2.04. The van der Waals surface area contributed by atoms with Crippen LogP contribution in [0.5, 0.6) is 0 Å². The summed E-state index contributed by atoms with van der Waals surface area (Å²) in [7, 11) is 0. The van der Waals surface area contributed by atoms with Gasteiger partial charge >= 0.3 is 5.97 Å². The minimum absolute atomic E-state index is 0.0158. The van der Waals surface area contributed by atoms with Gasteiger partial charge in [0.2, 0.25) is 0 Å². The molecule has 0 aliphatic carbocycles. The number of rotatable bonds is 2. The molecule has 0 fully saturated rings. The first-order valence-electron chi connectivity index (χ1n) is 5.33. The van der Waals surface area contributed by atoms with Gasteiger partial charge in [-0.05, 0) is 32.4 Å². The van der Waals surface area contributed by atoms with Crippen LogP contribution in [0.25, 0.3) is 0 Å². The number of nitriles is 1. The highest BCUT2D eigenvalue weighted by atomic mass is 35.5.